The molecule has 1 N–H and O–H groups in total. The Morgan fingerprint density at radius 3 is 2.67 bits per heavy atom. The summed E-state index contributed by atoms with van der Waals surface area (Å²) in [6.07, 6.45) is 13.5. The van der Waals surface area contributed by atoms with Crippen molar-refractivity contribution in [3.63, 3.8) is 0 Å². The van der Waals surface area contributed by atoms with E-state index in [0.717, 1.165) is 34.9 Å². The van der Waals surface area contributed by atoms with Crippen molar-refractivity contribution in [1.29, 1.82) is 0 Å². The highest BCUT2D eigenvalue weighted by molar-refractivity contribution is 5.76. The Morgan fingerprint density at radius 2 is 1.83 bits per heavy atom. The van der Waals surface area contributed by atoms with Crippen LogP contribution >= 0.6 is 0 Å². The molecule has 30 heavy (non-hydrogen) atoms. The summed E-state index contributed by atoms with van der Waals surface area (Å²) in [5.74, 6) is 3.12. The maximum absolute atomic E-state index is 13.9. The summed E-state index contributed by atoms with van der Waals surface area (Å²) >= 11 is 0. The van der Waals surface area contributed by atoms with Crippen molar-refractivity contribution in [3.05, 3.63) is 64.7 Å². The normalized spacial score (nSPS) is 26.1. The predicted octanol–water partition coefficient (Wildman–Crippen LogP) is 6.26. The van der Waals surface area contributed by atoms with E-state index in [1.165, 1.54) is 55.2 Å². The molecule has 4 heteroatoms. The highest BCUT2D eigenvalue weighted by Gasteiger charge is 2.28. The minimum Gasteiger partial charge on any atom is -0.342 e. The van der Waals surface area contributed by atoms with Gasteiger partial charge in [-0.1, -0.05) is 6.07 Å². The Kier molecular flexibility index (Phi) is 4.47. The molecule has 0 spiro atoms. The maximum Gasteiger partial charge on any atom is 0.123 e. The van der Waals surface area contributed by atoms with Gasteiger partial charge in [-0.2, -0.15) is 0 Å². The molecule has 2 heterocycles. The molecular formula is C26H28FN3. The molecule has 3 aromatic rings. The SMILES string of the molecule is FC1C=Cc2nccc(C3CCC(Cc4nc5ccc(C6CC6)cc5[nH]4)CC3)c2C1. The number of fused-ring (bicyclic) bond motifs is 2. The number of imidazole rings is 1. The number of allylic oxidation sites excluding steroid dienone is 1. The molecule has 2 saturated carbocycles. The third kappa shape index (κ3) is 3.46. The third-order valence-corrected chi connectivity index (χ3v) is 7.36. The van der Waals surface area contributed by atoms with Crippen molar-refractivity contribution in [1.82, 2.24) is 15.0 Å². The Balaban J connectivity index is 1.13. The van der Waals surface area contributed by atoms with Gasteiger partial charge in [0.25, 0.3) is 0 Å². The van der Waals surface area contributed by atoms with Crippen molar-refractivity contribution in [2.45, 2.75) is 69.4 Å². The summed E-state index contributed by atoms with van der Waals surface area (Å²) in [5.41, 5.74) is 7.20. The number of hydrogen-bond acceptors (Lipinski definition) is 2. The second kappa shape index (κ2) is 7.33. The predicted molar refractivity (Wildman–Crippen MR) is 118 cm³/mol. The fraction of sp³-hybridized carbons (Fsp3) is 0.462. The fourth-order valence-corrected chi connectivity index (χ4v) is 5.53. The van der Waals surface area contributed by atoms with Gasteiger partial charge in [0, 0.05) is 19.0 Å². The lowest BCUT2D eigenvalue weighted by molar-refractivity contribution is 0.319. The summed E-state index contributed by atoms with van der Waals surface area (Å²) in [6, 6.07) is 8.87. The first kappa shape index (κ1) is 18.3. The minimum atomic E-state index is -0.870. The van der Waals surface area contributed by atoms with Crippen LogP contribution in [0.5, 0.6) is 0 Å². The Morgan fingerprint density at radius 1 is 1.00 bits per heavy atom. The minimum absolute atomic E-state index is 0.483. The molecule has 154 valence electrons. The van der Waals surface area contributed by atoms with E-state index in [2.05, 4.69) is 34.2 Å². The number of pyridine rings is 1. The van der Waals surface area contributed by atoms with E-state index in [1.807, 2.05) is 12.3 Å². The number of aromatic nitrogens is 3. The standard InChI is InChI=1S/C26H28FN3/c27-20-8-10-23-22(15-20)21(11-12-28-23)18-3-1-16(2-4-18)13-26-29-24-9-7-19(17-5-6-17)14-25(24)30-26/h7-12,14,16-18,20H,1-6,13,15H2,(H,29,30). The summed E-state index contributed by atoms with van der Waals surface area (Å²) in [7, 11) is 0. The van der Waals surface area contributed by atoms with Crippen LogP contribution in [-0.4, -0.2) is 21.1 Å². The van der Waals surface area contributed by atoms with Crippen molar-refractivity contribution in [2.24, 2.45) is 5.92 Å². The van der Waals surface area contributed by atoms with Gasteiger partial charge in [-0.05, 0) is 103 Å². The average molecular weight is 402 g/mol. The molecule has 2 aromatic heterocycles. The zero-order valence-electron chi connectivity index (χ0n) is 17.3. The van der Waals surface area contributed by atoms with Gasteiger partial charge in [0.05, 0.1) is 16.7 Å². The van der Waals surface area contributed by atoms with Crippen LogP contribution in [0.1, 0.15) is 78.6 Å². The lowest BCUT2D eigenvalue weighted by Gasteiger charge is -2.30. The Bertz CT molecular complexity index is 1100. The summed E-state index contributed by atoms with van der Waals surface area (Å²) in [4.78, 5) is 12.9. The van der Waals surface area contributed by atoms with Crippen LogP contribution in [0.4, 0.5) is 4.39 Å². The fourth-order valence-electron chi connectivity index (χ4n) is 5.53. The molecule has 6 rings (SSSR count). The first-order valence-electron chi connectivity index (χ1n) is 11.5. The number of halogens is 1. The smallest absolute Gasteiger partial charge is 0.123 e. The molecule has 0 bridgehead atoms. The molecule has 3 aliphatic carbocycles. The van der Waals surface area contributed by atoms with E-state index >= 15 is 0 Å². The molecule has 1 atom stereocenters. The highest BCUT2D eigenvalue weighted by atomic mass is 19.1. The van der Waals surface area contributed by atoms with Crippen molar-refractivity contribution < 1.29 is 4.39 Å². The van der Waals surface area contributed by atoms with Gasteiger partial charge in [0.15, 0.2) is 0 Å². The van der Waals surface area contributed by atoms with Crippen molar-refractivity contribution in [3.8, 4) is 0 Å². The van der Waals surface area contributed by atoms with Gasteiger partial charge in [0.1, 0.15) is 12.0 Å². The second-order valence-electron chi connectivity index (χ2n) is 9.50. The van der Waals surface area contributed by atoms with Crippen LogP contribution in [0.15, 0.2) is 36.5 Å². The van der Waals surface area contributed by atoms with Gasteiger partial charge < -0.3 is 4.98 Å². The van der Waals surface area contributed by atoms with E-state index < -0.39 is 6.17 Å². The van der Waals surface area contributed by atoms with E-state index in [-0.39, 0.29) is 0 Å². The van der Waals surface area contributed by atoms with Gasteiger partial charge in [0.2, 0.25) is 0 Å². The van der Waals surface area contributed by atoms with Gasteiger partial charge >= 0.3 is 0 Å². The monoisotopic (exact) mass is 401 g/mol. The number of rotatable bonds is 4. The number of benzene rings is 1. The zero-order chi connectivity index (χ0) is 20.1. The van der Waals surface area contributed by atoms with Crippen LogP contribution in [-0.2, 0) is 12.8 Å². The molecule has 0 saturated heterocycles. The van der Waals surface area contributed by atoms with Gasteiger partial charge in [-0.3, -0.25) is 4.98 Å². The molecular weight excluding hydrogens is 373 g/mol. The number of hydrogen-bond donors (Lipinski definition) is 1. The van der Waals surface area contributed by atoms with E-state index in [4.69, 9.17) is 4.98 Å². The first-order chi connectivity index (χ1) is 14.7. The summed E-state index contributed by atoms with van der Waals surface area (Å²) < 4.78 is 13.9. The van der Waals surface area contributed by atoms with Crippen LogP contribution in [0.2, 0.25) is 0 Å². The number of H-pyrrole nitrogens is 1. The summed E-state index contributed by atoms with van der Waals surface area (Å²) in [5, 5.41) is 0. The number of alkyl halides is 1. The molecule has 1 aromatic carbocycles. The molecule has 3 aliphatic rings. The lowest BCUT2D eigenvalue weighted by atomic mass is 9.75. The van der Waals surface area contributed by atoms with E-state index in [9.17, 15) is 4.39 Å². The quantitative estimate of drug-likeness (QED) is 0.561. The van der Waals surface area contributed by atoms with Crippen molar-refractivity contribution in [2.75, 3.05) is 0 Å². The number of aromatic amines is 1. The van der Waals surface area contributed by atoms with E-state index in [1.54, 1.807) is 6.08 Å². The number of nitrogens with one attached hydrogen (secondary N) is 1. The highest BCUT2D eigenvalue weighted by Crippen LogP contribution is 2.41. The van der Waals surface area contributed by atoms with Crippen LogP contribution in [0, 0.1) is 5.92 Å². The van der Waals surface area contributed by atoms with Gasteiger partial charge in [-0.25, -0.2) is 9.37 Å². The van der Waals surface area contributed by atoms with Crippen molar-refractivity contribution >= 4 is 17.1 Å². The Hall–Kier alpha value is -2.49. The zero-order valence-corrected chi connectivity index (χ0v) is 17.3. The lowest BCUT2D eigenvalue weighted by Crippen LogP contribution is -2.19. The van der Waals surface area contributed by atoms with Crippen LogP contribution < -0.4 is 0 Å². The first-order valence-corrected chi connectivity index (χ1v) is 11.5. The second-order valence-corrected chi connectivity index (χ2v) is 9.50. The van der Waals surface area contributed by atoms with Crippen LogP contribution in [0.25, 0.3) is 17.1 Å². The maximum atomic E-state index is 13.9. The largest absolute Gasteiger partial charge is 0.342 e. The number of nitrogens with zero attached hydrogens (tertiary/aromatic N) is 2. The van der Waals surface area contributed by atoms with E-state index in [0.29, 0.717) is 18.3 Å². The molecule has 1 unspecified atom stereocenters. The Labute approximate surface area is 176 Å². The van der Waals surface area contributed by atoms with Crippen LogP contribution in [0.3, 0.4) is 0 Å². The molecule has 0 amide bonds. The van der Waals surface area contributed by atoms with Gasteiger partial charge in [-0.15, -0.1) is 0 Å². The third-order valence-electron chi connectivity index (χ3n) is 7.36. The summed E-state index contributed by atoms with van der Waals surface area (Å²) in [6.45, 7) is 0. The topological polar surface area (TPSA) is 41.6 Å². The molecule has 2 fully saturated rings. The molecule has 0 aliphatic heterocycles. The molecule has 3 nitrogen and oxygen atoms in total. The molecule has 0 radical (unpaired) electrons. The average Bonchev–Trinajstić information content (AvgIpc) is 3.54.